The molecule has 1 unspecified atom stereocenters. The van der Waals surface area contributed by atoms with Crippen LogP contribution >= 0.6 is 0 Å². The van der Waals surface area contributed by atoms with Crippen molar-refractivity contribution in [2.75, 3.05) is 11.9 Å². The first kappa shape index (κ1) is 26.4. The van der Waals surface area contributed by atoms with E-state index in [0.29, 0.717) is 31.0 Å². The molecule has 1 aromatic heterocycles. The number of carbonyl (C=O) groups is 2. The highest BCUT2D eigenvalue weighted by Crippen LogP contribution is 2.36. The highest BCUT2D eigenvalue weighted by atomic mass is 19.1. The Morgan fingerprint density at radius 3 is 2.67 bits per heavy atom. The van der Waals surface area contributed by atoms with E-state index in [1.54, 1.807) is 24.0 Å². The lowest BCUT2D eigenvalue weighted by atomic mass is 9.77. The van der Waals surface area contributed by atoms with Crippen molar-refractivity contribution in [3.8, 4) is 0 Å². The predicted octanol–water partition coefficient (Wildman–Crippen LogP) is 6.47. The van der Waals surface area contributed by atoms with Crippen molar-refractivity contribution in [1.82, 2.24) is 15.2 Å². The summed E-state index contributed by atoms with van der Waals surface area (Å²) in [5.41, 5.74) is 3.56. The fraction of sp³-hybridized carbons (Fsp3) is 0.394. The third-order valence-corrected chi connectivity index (χ3v) is 8.84. The van der Waals surface area contributed by atoms with E-state index in [1.165, 1.54) is 31.7 Å². The van der Waals surface area contributed by atoms with Gasteiger partial charge < -0.3 is 20.5 Å². The van der Waals surface area contributed by atoms with Crippen LogP contribution < -0.4 is 10.6 Å². The molecule has 6 rings (SSSR count). The molecule has 6 nitrogen and oxygen atoms in total. The Morgan fingerprint density at radius 1 is 1.05 bits per heavy atom. The summed E-state index contributed by atoms with van der Waals surface area (Å²) >= 11 is 0. The smallest absolute Gasteiger partial charge is 0.257 e. The maximum absolute atomic E-state index is 15.0. The molecule has 0 spiro atoms. The highest BCUT2D eigenvalue weighted by Gasteiger charge is 2.43. The summed E-state index contributed by atoms with van der Waals surface area (Å²) in [5.74, 6) is -1.42. The first-order chi connectivity index (χ1) is 19.5. The molecule has 2 fully saturated rings. The van der Waals surface area contributed by atoms with Gasteiger partial charge in [-0.15, -0.1) is 0 Å². The number of benzene rings is 2. The minimum atomic E-state index is -0.516. The van der Waals surface area contributed by atoms with Crippen molar-refractivity contribution in [1.29, 1.82) is 0 Å². The maximum Gasteiger partial charge on any atom is 0.257 e. The second kappa shape index (κ2) is 11.3. The van der Waals surface area contributed by atoms with Crippen LogP contribution in [0.3, 0.4) is 0 Å². The van der Waals surface area contributed by atoms with Crippen molar-refractivity contribution in [2.45, 2.75) is 64.0 Å². The summed E-state index contributed by atoms with van der Waals surface area (Å²) < 4.78 is 15.0. The Morgan fingerprint density at radius 2 is 1.90 bits per heavy atom. The Labute approximate surface area is 234 Å². The van der Waals surface area contributed by atoms with E-state index in [9.17, 15) is 14.0 Å². The third-order valence-electron chi connectivity index (χ3n) is 8.84. The van der Waals surface area contributed by atoms with E-state index in [0.717, 1.165) is 28.7 Å². The minimum Gasteiger partial charge on any atom is -0.383 e. The first-order valence-electron chi connectivity index (χ1n) is 14.6. The van der Waals surface area contributed by atoms with E-state index in [4.69, 9.17) is 0 Å². The van der Waals surface area contributed by atoms with Gasteiger partial charge in [-0.3, -0.25) is 9.59 Å². The summed E-state index contributed by atoms with van der Waals surface area (Å²) in [7, 11) is 0. The average molecular weight is 541 g/mol. The van der Waals surface area contributed by atoms with Crippen molar-refractivity contribution in [3.63, 3.8) is 0 Å². The van der Waals surface area contributed by atoms with E-state index < -0.39 is 11.7 Å². The lowest BCUT2D eigenvalue weighted by molar-refractivity contribution is -0.123. The first-order valence-corrected chi connectivity index (χ1v) is 14.6. The van der Waals surface area contributed by atoms with Crippen LogP contribution in [-0.4, -0.2) is 40.3 Å². The van der Waals surface area contributed by atoms with E-state index >= 15 is 0 Å². The third kappa shape index (κ3) is 5.29. The number of piperidine rings is 1. The highest BCUT2D eigenvalue weighted by molar-refractivity contribution is 5.98. The number of hydrogen-bond donors (Lipinski definition) is 3. The van der Waals surface area contributed by atoms with Gasteiger partial charge in [-0.1, -0.05) is 37.1 Å². The SMILES string of the molecule is Cc1cccc(F)c1C(=O)N1CCC[C@H](C(=O)Nc2ccc3[nH]ccc3c2)[C@@H]1C1C=CC(NC2CCCC2)=CC1. The summed E-state index contributed by atoms with van der Waals surface area (Å²) in [5, 5.41) is 7.80. The number of fused-ring (bicyclic) bond motifs is 1. The molecule has 7 heteroatoms. The Hall–Kier alpha value is -3.87. The second-order valence-electron chi connectivity index (χ2n) is 11.5. The molecule has 1 saturated heterocycles. The largest absolute Gasteiger partial charge is 0.383 e. The van der Waals surface area contributed by atoms with Gasteiger partial charge in [-0.25, -0.2) is 4.39 Å². The van der Waals surface area contributed by atoms with Crippen molar-refractivity contribution < 1.29 is 14.0 Å². The molecule has 3 aromatic rings. The van der Waals surface area contributed by atoms with Gasteiger partial charge in [0.15, 0.2) is 0 Å². The quantitative estimate of drug-likeness (QED) is 0.336. The maximum atomic E-state index is 15.0. The van der Waals surface area contributed by atoms with Gasteiger partial charge in [0.05, 0.1) is 17.5 Å². The number of nitrogens with one attached hydrogen (secondary N) is 3. The number of halogens is 1. The summed E-state index contributed by atoms with van der Waals surface area (Å²) in [6, 6.07) is 12.6. The zero-order valence-electron chi connectivity index (χ0n) is 23.0. The van der Waals surface area contributed by atoms with Crippen LogP contribution in [0.25, 0.3) is 10.9 Å². The molecule has 2 heterocycles. The van der Waals surface area contributed by atoms with E-state index in [1.807, 2.05) is 30.5 Å². The average Bonchev–Trinajstić information content (AvgIpc) is 3.65. The van der Waals surface area contributed by atoms with Gasteiger partial charge in [0, 0.05) is 47.0 Å². The molecular weight excluding hydrogens is 503 g/mol. The number of nitrogens with zero attached hydrogens (tertiary/aromatic N) is 1. The summed E-state index contributed by atoms with van der Waals surface area (Å²) in [6.07, 6.45) is 15.3. The van der Waals surface area contributed by atoms with Crippen LogP contribution in [0.1, 0.15) is 60.9 Å². The number of allylic oxidation sites excluding steroid dienone is 2. The van der Waals surface area contributed by atoms with Crippen molar-refractivity contribution >= 4 is 28.4 Å². The molecule has 0 bridgehead atoms. The number of likely N-dealkylation sites (tertiary alicyclic amines) is 1. The van der Waals surface area contributed by atoms with E-state index in [-0.39, 0.29) is 29.3 Å². The molecule has 1 saturated carbocycles. The minimum absolute atomic E-state index is 0.0478. The summed E-state index contributed by atoms with van der Waals surface area (Å²) in [6.45, 7) is 2.26. The molecule has 3 aliphatic rings. The molecule has 0 radical (unpaired) electrons. The fourth-order valence-electron chi connectivity index (χ4n) is 6.79. The number of aryl methyl sites for hydroxylation is 1. The van der Waals surface area contributed by atoms with Crippen LogP contribution in [0, 0.1) is 24.6 Å². The molecule has 2 aromatic carbocycles. The number of carbonyl (C=O) groups excluding carboxylic acids is 2. The lowest BCUT2D eigenvalue weighted by Crippen LogP contribution is -2.55. The molecular formula is C33H37FN4O2. The van der Waals surface area contributed by atoms with Crippen LogP contribution in [0.2, 0.25) is 0 Å². The van der Waals surface area contributed by atoms with Crippen LogP contribution in [0.4, 0.5) is 10.1 Å². The number of rotatable bonds is 6. The Bertz CT molecular complexity index is 1450. The Kier molecular flexibility index (Phi) is 7.46. The number of H-pyrrole nitrogens is 1. The Balaban J connectivity index is 1.28. The number of hydrogen-bond acceptors (Lipinski definition) is 3. The van der Waals surface area contributed by atoms with Gasteiger partial charge in [-0.05, 0) is 81.0 Å². The fourth-order valence-corrected chi connectivity index (χ4v) is 6.79. The molecule has 1 aliphatic heterocycles. The monoisotopic (exact) mass is 540 g/mol. The van der Waals surface area contributed by atoms with Gasteiger partial charge in [0.1, 0.15) is 5.82 Å². The molecule has 40 heavy (non-hydrogen) atoms. The van der Waals surface area contributed by atoms with E-state index in [2.05, 4.69) is 33.8 Å². The zero-order valence-corrected chi connectivity index (χ0v) is 23.0. The molecule has 208 valence electrons. The normalized spacial score (nSPS) is 23.3. The van der Waals surface area contributed by atoms with Crippen LogP contribution in [-0.2, 0) is 4.79 Å². The number of aromatic nitrogens is 1. The molecule has 2 aliphatic carbocycles. The van der Waals surface area contributed by atoms with Gasteiger partial charge in [0.25, 0.3) is 5.91 Å². The van der Waals surface area contributed by atoms with Crippen molar-refractivity contribution in [2.24, 2.45) is 11.8 Å². The number of aromatic amines is 1. The number of amides is 2. The summed E-state index contributed by atoms with van der Waals surface area (Å²) in [4.78, 5) is 32.7. The molecule has 2 amide bonds. The van der Waals surface area contributed by atoms with Gasteiger partial charge >= 0.3 is 0 Å². The second-order valence-corrected chi connectivity index (χ2v) is 11.5. The zero-order chi connectivity index (χ0) is 27.6. The molecule has 3 N–H and O–H groups in total. The van der Waals surface area contributed by atoms with Crippen LogP contribution in [0.15, 0.2) is 72.6 Å². The number of anilines is 1. The topological polar surface area (TPSA) is 77.2 Å². The van der Waals surface area contributed by atoms with Gasteiger partial charge in [-0.2, -0.15) is 0 Å². The lowest BCUT2D eigenvalue weighted by Gasteiger charge is -2.44. The van der Waals surface area contributed by atoms with Gasteiger partial charge in [0.2, 0.25) is 5.91 Å². The van der Waals surface area contributed by atoms with Crippen LogP contribution in [0.5, 0.6) is 0 Å². The predicted molar refractivity (Wildman–Crippen MR) is 156 cm³/mol. The van der Waals surface area contributed by atoms with Crippen molar-refractivity contribution in [3.05, 3.63) is 89.5 Å². The standard InChI is InChI=1S/C33H37FN4O2/c1-21-6-4-10-28(34)30(21)33(40)38-19-5-9-27(32(39)37-26-15-16-29-23(20-26)17-18-35-29)31(38)22-11-13-25(14-12-22)36-24-7-2-3-8-24/h4,6,10-11,13-18,20,22,24,27,31,35-36H,2-3,5,7-9,12,19H2,1H3,(H,37,39)/t22?,27-,31-/m0/s1. The molecule has 3 atom stereocenters.